The van der Waals surface area contributed by atoms with Gasteiger partial charge in [0.15, 0.2) is 0 Å². The first-order chi connectivity index (χ1) is 16.2. The number of rotatable bonds is 11. The molecule has 0 atom stereocenters. The summed E-state index contributed by atoms with van der Waals surface area (Å²) in [4.78, 5) is 18.8. The molecule has 7 heteroatoms. The molecular formula is C28H39Cl2N3O2. The second kappa shape index (κ2) is 15.1. The Labute approximate surface area is 221 Å². The Bertz CT molecular complexity index is 1070. The number of pyridine rings is 2. The topological polar surface area (TPSA) is 47.4 Å². The molecule has 1 aliphatic carbocycles. The smallest absolute Gasteiger partial charge is 0.250 e. The average Bonchev–Trinajstić information content (AvgIpc) is 2.86. The predicted molar refractivity (Wildman–Crippen MR) is 149 cm³/mol. The van der Waals surface area contributed by atoms with Crippen molar-refractivity contribution in [3.63, 3.8) is 0 Å². The van der Waals surface area contributed by atoms with Crippen LogP contribution in [0.3, 0.4) is 0 Å². The van der Waals surface area contributed by atoms with E-state index < -0.39 is 0 Å². The van der Waals surface area contributed by atoms with Crippen LogP contribution < -0.4 is 10.3 Å². The predicted octanol–water partition coefficient (Wildman–Crippen LogP) is 6.20. The van der Waals surface area contributed by atoms with Crippen LogP contribution in [0.5, 0.6) is 5.75 Å². The van der Waals surface area contributed by atoms with Crippen molar-refractivity contribution >= 4 is 35.7 Å². The summed E-state index contributed by atoms with van der Waals surface area (Å²) >= 11 is 0. The van der Waals surface area contributed by atoms with Crippen LogP contribution in [0.2, 0.25) is 0 Å². The zero-order valence-electron chi connectivity index (χ0n) is 20.7. The molecule has 35 heavy (non-hydrogen) atoms. The highest BCUT2D eigenvalue weighted by molar-refractivity contribution is 5.85. The molecule has 1 fully saturated rings. The second-order valence-corrected chi connectivity index (χ2v) is 9.30. The Morgan fingerprint density at radius 3 is 2.60 bits per heavy atom. The fourth-order valence-corrected chi connectivity index (χ4v) is 4.98. The van der Waals surface area contributed by atoms with Crippen molar-refractivity contribution in [1.82, 2.24) is 14.5 Å². The van der Waals surface area contributed by atoms with Crippen molar-refractivity contribution in [2.45, 2.75) is 63.8 Å². The standard InChI is InChI=1S/C28H37N3O2.2ClH/c1-30-27-14-13-26(21-24(27)12-15-28(30)32)33-20-7-3-6-18-31(25-10-4-2-5-11-25)19-16-23-9-8-17-29-22-23;;/h8-9,12-15,17,21-22,25H,2-7,10-11,16,18-20H2,1H3;2*1H. The number of unbranched alkanes of at least 4 members (excludes halogenated alkanes) is 2. The molecule has 192 valence electrons. The minimum Gasteiger partial charge on any atom is -0.494 e. The Kier molecular flexibility index (Phi) is 12.6. The molecule has 5 nitrogen and oxygen atoms in total. The van der Waals surface area contributed by atoms with Crippen molar-refractivity contribution < 1.29 is 4.74 Å². The largest absolute Gasteiger partial charge is 0.494 e. The van der Waals surface area contributed by atoms with Gasteiger partial charge in [-0.25, -0.2) is 0 Å². The van der Waals surface area contributed by atoms with E-state index in [-0.39, 0.29) is 30.4 Å². The first kappa shape index (κ1) is 29.2. The minimum atomic E-state index is 0. The van der Waals surface area contributed by atoms with Gasteiger partial charge in [-0.05, 0) is 81.0 Å². The average molecular weight is 521 g/mol. The van der Waals surface area contributed by atoms with Crippen molar-refractivity contribution in [3.05, 3.63) is 70.8 Å². The van der Waals surface area contributed by atoms with Gasteiger partial charge in [0.2, 0.25) is 0 Å². The zero-order chi connectivity index (χ0) is 22.9. The summed E-state index contributed by atoms with van der Waals surface area (Å²) in [5, 5.41) is 1.03. The summed E-state index contributed by atoms with van der Waals surface area (Å²) in [6.45, 7) is 3.04. The van der Waals surface area contributed by atoms with Crippen molar-refractivity contribution in [3.8, 4) is 5.75 Å². The van der Waals surface area contributed by atoms with Gasteiger partial charge in [0.25, 0.3) is 5.56 Å². The normalized spacial score (nSPS) is 13.9. The summed E-state index contributed by atoms with van der Waals surface area (Å²) in [6.07, 6.45) is 15.2. The monoisotopic (exact) mass is 519 g/mol. The third-order valence-electron chi connectivity index (χ3n) is 6.96. The number of benzene rings is 1. The third-order valence-corrected chi connectivity index (χ3v) is 6.96. The highest BCUT2D eigenvalue weighted by atomic mass is 35.5. The molecule has 4 rings (SSSR count). The van der Waals surface area contributed by atoms with Gasteiger partial charge in [-0.1, -0.05) is 25.3 Å². The van der Waals surface area contributed by atoms with E-state index in [1.54, 1.807) is 17.7 Å². The Hall–Kier alpha value is -2.08. The third kappa shape index (κ3) is 8.52. The van der Waals surface area contributed by atoms with Crippen molar-refractivity contribution in [2.75, 3.05) is 19.7 Å². The molecule has 0 amide bonds. The Morgan fingerprint density at radius 2 is 1.83 bits per heavy atom. The SMILES string of the molecule is Cl.Cl.Cn1c(=O)ccc2cc(OCCCCCN(CCc3cccnc3)C3CCCCC3)ccc21. The fraction of sp³-hybridized carbons (Fsp3) is 0.500. The number of aromatic nitrogens is 2. The molecule has 0 spiro atoms. The van der Waals surface area contributed by atoms with E-state index in [4.69, 9.17) is 4.74 Å². The number of hydrogen-bond donors (Lipinski definition) is 0. The highest BCUT2D eigenvalue weighted by Gasteiger charge is 2.20. The van der Waals surface area contributed by atoms with Crippen molar-refractivity contribution in [1.29, 1.82) is 0 Å². The number of nitrogens with zero attached hydrogens (tertiary/aromatic N) is 3. The summed E-state index contributed by atoms with van der Waals surface area (Å²) in [5.74, 6) is 0.876. The second-order valence-electron chi connectivity index (χ2n) is 9.30. The first-order valence-corrected chi connectivity index (χ1v) is 12.6. The lowest BCUT2D eigenvalue weighted by Gasteiger charge is -2.34. The first-order valence-electron chi connectivity index (χ1n) is 12.6. The molecular weight excluding hydrogens is 481 g/mol. The molecule has 2 heterocycles. The van der Waals surface area contributed by atoms with Gasteiger partial charge in [0.05, 0.1) is 12.1 Å². The van der Waals surface area contributed by atoms with Crippen LogP contribution >= 0.6 is 24.8 Å². The molecule has 0 N–H and O–H groups in total. The lowest BCUT2D eigenvalue weighted by atomic mass is 9.93. The minimum absolute atomic E-state index is 0. The van der Waals surface area contributed by atoms with Gasteiger partial charge in [-0.15, -0.1) is 24.8 Å². The zero-order valence-corrected chi connectivity index (χ0v) is 22.4. The molecule has 2 aromatic heterocycles. The molecule has 0 bridgehead atoms. The number of ether oxygens (including phenoxy) is 1. The lowest BCUT2D eigenvalue weighted by molar-refractivity contribution is 0.153. The van der Waals surface area contributed by atoms with E-state index >= 15 is 0 Å². The number of aryl methyl sites for hydroxylation is 1. The molecule has 0 aliphatic heterocycles. The van der Waals surface area contributed by atoms with E-state index in [0.717, 1.165) is 48.7 Å². The molecule has 0 unspecified atom stereocenters. The van der Waals surface area contributed by atoms with Gasteiger partial charge < -0.3 is 14.2 Å². The molecule has 0 radical (unpaired) electrons. The van der Waals surface area contributed by atoms with Crippen LogP contribution in [0.25, 0.3) is 10.9 Å². The van der Waals surface area contributed by atoms with Crippen LogP contribution in [0.1, 0.15) is 56.9 Å². The van der Waals surface area contributed by atoms with E-state index in [1.165, 1.54) is 57.1 Å². The van der Waals surface area contributed by atoms with Gasteiger partial charge >= 0.3 is 0 Å². The van der Waals surface area contributed by atoms with Crippen LogP contribution in [0.4, 0.5) is 0 Å². The fourth-order valence-electron chi connectivity index (χ4n) is 4.98. The maximum Gasteiger partial charge on any atom is 0.250 e. The van der Waals surface area contributed by atoms with Gasteiger partial charge in [0.1, 0.15) is 5.75 Å². The van der Waals surface area contributed by atoms with Gasteiger partial charge in [-0.2, -0.15) is 0 Å². The summed E-state index contributed by atoms with van der Waals surface area (Å²) in [5.41, 5.74) is 2.28. The quantitative estimate of drug-likeness (QED) is 0.282. The molecule has 1 aromatic carbocycles. The molecule has 1 saturated carbocycles. The van der Waals surface area contributed by atoms with E-state index in [2.05, 4.69) is 16.0 Å². The van der Waals surface area contributed by atoms with Crippen LogP contribution in [0, 0.1) is 0 Å². The van der Waals surface area contributed by atoms with Crippen LogP contribution in [0.15, 0.2) is 59.7 Å². The Balaban J connectivity index is 0.00000216. The Morgan fingerprint density at radius 1 is 1.00 bits per heavy atom. The molecule has 0 saturated heterocycles. The van der Waals surface area contributed by atoms with E-state index in [1.807, 2.05) is 42.7 Å². The number of fused-ring (bicyclic) bond motifs is 1. The number of hydrogen-bond acceptors (Lipinski definition) is 4. The number of halogens is 2. The summed E-state index contributed by atoms with van der Waals surface area (Å²) in [7, 11) is 1.80. The van der Waals surface area contributed by atoms with Gasteiger partial charge in [0, 0.05) is 43.5 Å². The van der Waals surface area contributed by atoms with Crippen LogP contribution in [-0.4, -0.2) is 40.2 Å². The maximum absolute atomic E-state index is 11.8. The van der Waals surface area contributed by atoms with Crippen LogP contribution in [-0.2, 0) is 13.5 Å². The molecule has 3 aromatic rings. The molecule has 1 aliphatic rings. The van der Waals surface area contributed by atoms with E-state index in [9.17, 15) is 4.79 Å². The van der Waals surface area contributed by atoms with E-state index in [0.29, 0.717) is 0 Å². The lowest BCUT2D eigenvalue weighted by Crippen LogP contribution is -2.39. The highest BCUT2D eigenvalue weighted by Crippen LogP contribution is 2.24. The van der Waals surface area contributed by atoms with Crippen molar-refractivity contribution in [2.24, 2.45) is 7.05 Å². The summed E-state index contributed by atoms with van der Waals surface area (Å²) in [6, 6.07) is 14.4. The summed E-state index contributed by atoms with van der Waals surface area (Å²) < 4.78 is 7.68. The maximum atomic E-state index is 11.8. The van der Waals surface area contributed by atoms with Gasteiger partial charge in [-0.3, -0.25) is 9.78 Å².